The summed E-state index contributed by atoms with van der Waals surface area (Å²) in [5.74, 6) is -0.980. The van der Waals surface area contributed by atoms with Crippen molar-refractivity contribution < 1.29 is 28.6 Å². The van der Waals surface area contributed by atoms with Crippen molar-refractivity contribution in [1.29, 1.82) is 0 Å². The number of pyridine rings is 1. The van der Waals surface area contributed by atoms with Crippen molar-refractivity contribution in [2.75, 3.05) is 11.9 Å². The zero-order valence-corrected chi connectivity index (χ0v) is 13.3. The van der Waals surface area contributed by atoms with Crippen LogP contribution in [0.1, 0.15) is 38.1 Å². The number of furan rings is 1. The van der Waals surface area contributed by atoms with Crippen LogP contribution in [0, 0.1) is 0 Å². The number of rotatable bonds is 3. The van der Waals surface area contributed by atoms with Gasteiger partial charge in [0.05, 0.1) is 12.8 Å². The van der Waals surface area contributed by atoms with Crippen molar-refractivity contribution in [2.45, 2.75) is 33.3 Å². The Bertz CT molecular complexity index is 744. The van der Waals surface area contributed by atoms with Gasteiger partial charge in [-0.05, 0) is 27.7 Å². The summed E-state index contributed by atoms with van der Waals surface area (Å²) in [5, 5.41) is 11.8. The molecule has 2 N–H and O–H groups in total. The van der Waals surface area contributed by atoms with Crippen molar-refractivity contribution in [3.63, 3.8) is 0 Å². The molecule has 0 unspecified atom stereocenters. The number of hydrogen-bond acceptors (Lipinski definition) is 7. The number of ether oxygens (including phenoxy) is 2. The van der Waals surface area contributed by atoms with Crippen LogP contribution < -0.4 is 5.32 Å². The Morgan fingerprint density at radius 1 is 1.39 bits per heavy atom. The number of esters is 1. The number of carbonyl (C=O) groups is 2. The zero-order chi connectivity index (χ0) is 17.2. The normalized spacial score (nSPS) is 11.3. The van der Waals surface area contributed by atoms with Gasteiger partial charge in [0.25, 0.3) is 0 Å². The van der Waals surface area contributed by atoms with Crippen molar-refractivity contribution in [1.82, 2.24) is 4.98 Å². The number of fused-ring (bicyclic) bond motifs is 1. The molecule has 2 rings (SSSR count). The third kappa shape index (κ3) is 3.91. The van der Waals surface area contributed by atoms with Crippen molar-refractivity contribution in [3.8, 4) is 5.75 Å². The number of aromatic nitrogens is 1. The Morgan fingerprint density at radius 3 is 2.70 bits per heavy atom. The average Bonchev–Trinajstić information content (AvgIpc) is 2.73. The average molecular weight is 322 g/mol. The summed E-state index contributed by atoms with van der Waals surface area (Å²) in [6.07, 6.45) is 0.379. The maximum atomic E-state index is 12.1. The molecule has 124 valence electrons. The molecule has 0 aliphatic carbocycles. The van der Waals surface area contributed by atoms with Gasteiger partial charge in [0.15, 0.2) is 5.58 Å². The molecule has 0 bridgehead atoms. The molecular weight excluding hydrogens is 304 g/mol. The summed E-state index contributed by atoms with van der Waals surface area (Å²) in [5.41, 5.74) is -0.435. The molecule has 2 heterocycles. The zero-order valence-electron chi connectivity index (χ0n) is 13.3. The number of anilines is 1. The summed E-state index contributed by atoms with van der Waals surface area (Å²) in [6, 6.07) is 1.28. The van der Waals surface area contributed by atoms with Gasteiger partial charge in [-0.25, -0.2) is 14.6 Å². The highest BCUT2D eigenvalue weighted by Crippen LogP contribution is 2.31. The first-order chi connectivity index (χ1) is 10.7. The topological polar surface area (TPSA) is 111 Å². The van der Waals surface area contributed by atoms with Crippen LogP contribution in [0.5, 0.6) is 5.75 Å². The first kappa shape index (κ1) is 16.6. The van der Waals surface area contributed by atoms with E-state index < -0.39 is 17.7 Å². The van der Waals surface area contributed by atoms with Gasteiger partial charge in [0.2, 0.25) is 5.88 Å². The molecule has 0 aliphatic heterocycles. The second kappa shape index (κ2) is 6.15. The van der Waals surface area contributed by atoms with E-state index in [1.807, 2.05) is 0 Å². The van der Waals surface area contributed by atoms with Crippen molar-refractivity contribution >= 4 is 29.0 Å². The molecule has 2 aromatic heterocycles. The molecule has 1 amide bonds. The summed E-state index contributed by atoms with van der Waals surface area (Å²) >= 11 is 0. The lowest BCUT2D eigenvalue weighted by Crippen LogP contribution is -2.27. The number of amides is 1. The van der Waals surface area contributed by atoms with Crippen LogP contribution in [-0.2, 0) is 9.47 Å². The Labute approximate surface area is 132 Å². The van der Waals surface area contributed by atoms with Gasteiger partial charge in [0.1, 0.15) is 22.4 Å². The molecule has 0 atom stereocenters. The fourth-order valence-electron chi connectivity index (χ4n) is 1.85. The molecule has 0 radical (unpaired) electrons. The van der Waals surface area contributed by atoms with E-state index >= 15 is 0 Å². The first-order valence-corrected chi connectivity index (χ1v) is 7.00. The van der Waals surface area contributed by atoms with Gasteiger partial charge in [-0.3, -0.25) is 5.32 Å². The van der Waals surface area contributed by atoms with Gasteiger partial charge in [-0.1, -0.05) is 0 Å². The van der Waals surface area contributed by atoms with Crippen LogP contribution in [0.25, 0.3) is 11.1 Å². The van der Waals surface area contributed by atoms with E-state index in [1.165, 1.54) is 6.07 Å². The highest BCUT2D eigenvalue weighted by Gasteiger charge is 2.26. The maximum absolute atomic E-state index is 12.1. The lowest BCUT2D eigenvalue weighted by Gasteiger charge is -2.19. The van der Waals surface area contributed by atoms with E-state index in [0.717, 1.165) is 6.20 Å². The summed E-state index contributed by atoms with van der Waals surface area (Å²) in [7, 11) is 0. The van der Waals surface area contributed by atoms with Crippen LogP contribution in [0.4, 0.5) is 10.7 Å². The molecule has 8 heteroatoms. The summed E-state index contributed by atoms with van der Waals surface area (Å²) < 4.78 is 15.5. The predicted octanol–water partition coefficient (Wildman–Crippen LogP) is 3.06. The Morgan fingerprint density at radius 2 is 2.09 bits per heavy atom. The Kier molecular flexibility index (Phi) is 4.44. The van der Waals surface area contributed by atoms with E-state index in [4.69, 9.17) is 13.9 Å². The van der Waals surface area contributed by atoms with Crippen LogP contribution in [-0.4, -0.2) is 34.4 Å². The van der Waals surface area contributed by atoms with E-state index in [1.54, 1.807) is 27.7 Å². The highest BCUT2D eigenvalue weighted by atomic mass is 16.6. The van der Waals surface area contributed by atoms with Gasteiger partial charge in [-0.15, -0.1) is 0 Å². The van der Waals surface area contributed by atoms with Gasteiger partial charge in [-0.2, -0.15) is 0 Å². The van der Waals surface area contributed by atoms with Crippen LogP contribution in [0.2, 0.25) is 0 Å². The third-order valence-corrected chi connectivity index (χ3v) is 2.61. The number of hydrogen-bond donors (Lipinski definition) is 2. The summed E-state index contributed by atoms with van der Waals surface area (Å²) in [4.78, 5) is 28.0. The second-order valence-corrected chi connectivity index (χ2v) is 5.69. The number of nitrogens with zero attached hydrogens (tertiary/aromatic N) is 1. The standard InChI is InChI=1S/C15H18N2O6/c1-5-21-13(19)10-11-9(6-8(18)7-16-11)22-12(10)17-14(20)23-15(2,3)4/h6-7,18H,5H2,1-4H3,(H,17,20). The van der Waals surface area contributed by atoms with Gasteiger partial charge < -0.3 is 19.0 Å². The smallest absolute Gasteiger partial charge is 0.414 e. The first-order valence-electron chi connectivity index (χ1n) is 7.00. The largest absolute Gasteiger partial charge is 0.506 e. The molecular formula is C15H18N2O6. The highest BCUT2D eigenvalue weighted by molar-refractivity contribution is 6.08. The van der Waals surface area contributed by atoms with Gasteiger partial charge >= 0.3 is 12.1 Å². The molecule has 0 spiro atoms. The van der Waals surface area contributed by atoms with Crippen molar-refractivity contribution in [3.05, 3.63) is 17.8 Å². The summed E-state index contributed by atoms with van der Waals surface area (Å²) in [6.45, 7) is 6.92. The minimum absolute atomic E-state index is 0.0345. The van der Waals surface area contributed by atoms with E-state index in [-0.39, 0.29) is 34.9 Å². The van der Waals surface area contributed by atoms with Crippen LogP contribution >= 0.6 is 0 Å². The molecule has 0 fully saturated rings. The van der Waals surface area contributed by atoms with E-state index in [9.17, 15) is 14.7 Å². The number of carbonyl (C=O) groups excluding carboxylic acids is 2. The fourth-order valence-corrected chi connectivity index (χ4v) is 1.85. The fraction of sp³-hybridized carbons (Fsp3) is 0.400. The number of aromatic hydroxyl groups is 1. The molecule has 0 aromatic carbocycles. The Balaban J connectivity index is 2.43. The molecule has 0 aliphatic rings. The quantitative estimate of drug-likeness (QED) is 0.835. The number of nitrogens with one attached hydrogen (secondary N) is 1. The lowest BCUT2D eigenvalue weighted by molar-refractivity contribution is 0.0529. The van der Waals surface area contributed by atoms with E-state index in [0.29, 0.717) is 0 Å². The Hall–Kier alpha value is -2.77. The lowest BCUT2D eigenvalue weighted by atomic mass is 10.2. The molecule has 0 saturated heterocycles. The van der Waals surface area contributed by atoms with Gasteiger partial charge in [0, 0.05) is 6.07 Å². The minimum atomic E-state index is -0.786. The molecule has 23 heavy (non-hydrogen) atoms. The van der Waals surface area contributed by atoms with Crippen molar-refractivity contribution in [2.24, 2.45) is 0 Å². The van der Waals surface area contributed by atoms with Crippen LogP contribution in [0.15, 0.2) is 16.7 Å². The molecule has 8 nitrogen and oxygen atoms in total. The monoisotopic (exact) mass is 322 g/mol. The van der Waals surface area contributed by atoms with E-state index in [2.05, 4.69) is 10.3 Å². The second-order valence-electron chi connectivity index (χ2n) is 5.69. The van der Waals surface area contributed by atoms with Crippen LogP contribution in [0.3, 0.4) is 0 Å². The third-order valence-electron chi connectivity index (χ3n) is 2.61. The predicted molar refractivity (Wildman–Crippen MR) is 81.5 cm³/mol. The maximum Gasteiger partial charge on any atom is 0.414 e. The minimum Gasteiger partial charge on any atom is -0.506 e. The SMILES string of the molecule is CCOC(=O)c1c(NC(=O)OC(C)(C)C)oc2cc(O)cnc12. The molecule has 0 saturated carbocycles. The molecule has 2 aromatic rings.